The van der Waals surface area contributed by atoms with Crippen molar-refractivity contribution in [1.82, 2.24) is 0 Å². The predicted molar refractivity (Wildman–Crippen MR) is 119 cm³/mol. The minimum absolute atomic E-state index is 0.0918. The Balaban J connectivity index is 1.49. The van der Waals surface area contributed by atoms with Gasteiger partial charge in [-0.15, -0.1) is 0 Å². The fourth-order valence-corrected chi connectivity index (χ4v) is 9.29. The van der Waals surface area contributed by atoms with Gasteiger partial charge in [-0.25, -0.2) is 8.78 Å². The van der Waals surface area contributed by atoms with E-state index in [-0.39, 0.29) is 17.8 Å². The molecule has 0 amide bonds. The Labute approximate surface area is 183 Å². The molecule has 30 heavy (non-hydrogen) atoms. The van der Waals surface area contributed by atoms with Gasteiger partial charge in [0.15, 0.2) is 0 Å². The van der Waals surface area contributed by atoms with Crippen LogP contribution in [0.5, 0.6) is 0 Å². The highest BCUT2D eigenvalue weighted by Crippen LogP contribution is 2.69. The lowest BCUT2D eigenvalue weighted by atomic mass is 9.44. The van der Waals surface area contributed by atoms with Crippen molar-refractivity contribution in [2.75, 3.05) is 0 Å². The Morgan fingerprint density at radius 2 is 1.60 bits per heavy atom. The highest BCUT2D eigenvalue weighted by Gasteiger charge is 2.64. The van der Waals surface area contributed by atoms with Crippen LogP contribution in [0.25, 0.3) is 0 Å². The van der Waals surface area contributed by atoms with Crippen molar-refractivity contribution in [3.8, 4) is 0 Å². The lowest BCUT2D eigenvalue weighted by Gasteiger charge is -2.62. The van der Waals surface area contributed by atoms with E-state index in [0.29, 0.717) is 23.7 Å². The van der Waals surface area contributed by atoms with Crippen LogP contribution in [0.4, 0.5) is 8.78 Å². The maximum Gasteiger partial charge on any atom is 0.274 e. The number of hydrogen-bond donors (Lipinski definition) is 1. The van der Waals surface area contributed by atoms with Gasteiger partial charge in [0, 0.05) is 6.42 Å². The number of hydrogen-bond acceptors (Lipinski definition) is 1. The van der Waals surface area contributed by atoms with Crippen LogP contribution in [0.3, 0.4) is 0 Å². The second-order valence-electron chi connectivity index (χ2n) is 12.9. The van der Waals surface area contributed by atoms with E-state index in [1.165, 1.54) is 44.9 Å². The van der Waals surface area contributed by atoms with Gasteiger partial charge in [0.25, 0.3) is 5.92 Å². The van der Waals surface area contributed by atoms with Crippen LogP contribution in [0.1, 0.15) is 105 Å². The first-order chi connectivity index (χ1) is 14.0. The molecule has 4 aliphatic carbocycles. The summed E-state index contributed by atoms with van der Waals surface area (Å²) in [4.78, 5) is 0. The fraction of sp³-hybridized carbons (Fsp3) is 1.00. The highest BCUT2D eigenvalue weighted by atomic mass is 19.3. The first-order valence-corrected chi connectivity index (χ1v) is 13.0. The highest BCUT2D eigenvalue weighted by molar-refractivity contribution is 5.11. The number of halogens is 2. The molecule has 0 heterocycles. The van der Waals surface area contributed by atoms with E-state index in [9.17, 15) is 13.9 Å². The SMILES string of the molecule is CC(C)CCC[C@@H](C)[C@H]1CC[C@H]2[C@@H]3CCC4C[C@@H](O)C(F)(F)C[C@]4(C)[C@H]3CC[C@]12C. The second-order valence-corrected chi connectivity index (χ2v) is 12.9. The van der Waals surface area contributed by atoms with Crippen molar-refractivity contribution >= 4 is 0 Å². The van der Waals surface area contributed by atoms with Crippen molar-refractivity contribution < 1.29 is 13.9 Å². The third-order valence-corrected chi connectivity index (χ3v) is 10.9. The van der Waals surface area contributed by atoms with Crippen molar-refractivity contribution in [2.45, 2.75) is 117 Å². The number of alkyl halides is 2. The summed E-state index contributed by atoms with van der Waals surface area (Å²) in [5, 5.41) is 10.0. The Hall–Kier alpha value is -0.180. The fourth-order valence-electron chi connectivity index (χ4n) is 9.29. The van der Waals surface area contributed by atoms with E-state index < -0.39 is 12.0 Å². The smallest absolute Gasteiger partial charge is 0.274 e. The van der Waals surface area contributed by atoms with Gasteiger partial charge in [0.05, 0.1) is 0 Å². The summed E-state index contributed by atoms with van der Waals surface area (Å²) in [5.74, 6) is 1.56. The Kier molecular flexibility index (Phi) is 6.13. The summed E-state index contributed by atoms with van der Waals surface area (Å²) in [6.45, 7) is 11.9. The summed E-state index contributed by atoms with van der Waals surface area (Å²) >= 11 is 0. The largest absolute Gasteiger partial charge is 0.387 e. The van der Waals surface area contributed by atoms with Crippen LogP contribution in [-0.4, -0.2) is 17.1 Å². The molecular formula is C27H46F2O. The summed E-state index contributed by atoms with van der Waals surface area (Å²) in [6.07, 6.45) is 10.1. The molecule has 9 atom stereocenters. The number of rotatable bonds is 5. The average molecular weight is 425 g/mol. The molecule has 0 saturated heterocycles. The van der Waals surface area contributed by atoms with Gasteiger partial charge in [-0.3, -0.25) is 0 Å². The third-order valence-electron chi connectivity index (χ3n) is 10.9. The van der Waals surface area contributed by atoms with Crippen LogP contribution in [0.2, 0.25) is 0 Å². The average Bonchev–Trinajstić information content (AvgIpc) is 2.99. The molecule has 0 aromatic rings. The summed E-state index contributed by atoms with van der Waals surface area (Å²) < 4.78 is 29.2. The van der Waals surface area contributed by atoms with Gasteiger partial charge in [-0.1, -0.05) is 53.9 Å². The van der Waals surface area contributed by atoms with Crippen LogP contribution in [0.15, 0.2) is 0 Å². The Morgan fingerprint density at radius 1 is 0.900 bits per heavy atom. The van der Waals surface area contributed by atoms with Crippen LogP contribution in [0, 0.1) is 52.3 Å². The molecule has 174 valence electrons. The lowest BCUT2D eigenvalue weighted by molar-refractivity contribution is -0.218. The molecule has 0 aromatic carbocycles. The molecule has 4 saturated carbocycles. The monoisotopic (exact) mass is 424 g/mol. The molecule has 1 unspecified atom stereocenters. The van der Waals surface area contributed by atoms with E-state index in [4.69, 9.17) is 0 Å². The Morgan fingerprint density at radius 3 is 2.30 bits per heavy atom. The Bertz CT molecular complexity index is 618. The first kappa shape index (κ1) is 23.0. The number of fused-ring (bicyclic) bond motifs is 5. The van der Waals surface area contributed by atoms with Crippen molar-refractivity contribution in [3.63, 3.8) is 0 Å². The van der Waals surface area contributed by atoms with E-state index in [0.717, 1.165) is 36.5 Å². The van der Waals surface area contributed by atoms with Crippen molar-refractivity contribution in [3.05, 3.63) is 0 Å². The van der Waals surface area contributed by atoms with Crippen LogP contribution >= 0.6 is 0 Å². The zero-order valence-corrected chi connectivity index (χ0v) is 20.1. The molecule has 4 aliphatic rings. The summed E-state index contributed by atoms with van der Waals surface area (Å²) in [7, 11) is 0. The zero-order valence-electron chi connectivity index (χ0n) is 20.1. The van der Waals surface area contributed by atoms with Gasteiger partial charge in [-0.2, -0.15) is 0 Å². The van der Waals surface area contributed by atoms with Crippen LogP contribution in [-0.2, 0) is 0 Å². The molecule has 0 aromatic heterocycles. The molecule has 0 radical (unpaired) electrons. The van der Waals surface area contributed by atoms with Gasteiger partial charge in [0.2, 0.25) is 0 Å². The van der Waals surface area contributed by atoms with Gasteiger partial charge >= 0.3 is 0 Å². The standard InChI is InChI=1S/C27H46F2O/c1-17(2)7-6-8-18(3)21-11-12-22-20-10-9-19-15-24(30)27(28,29)16-26(19,5)23(20)13-14-25(21,22)4/h17-24,30H,6-16H2,1-5H3/t18-,19?,20+,21-,22+,23+,24-,25-,26+/m1/s1. The van der Waals surface area contributed by atoms with Crippen molar-refractivity contribution in [2.24, 2.45) is 52.3 Å². The molecule has 1 nitrogen and oxygen atoms in total. The van der Waals surface area contributed by atoms with E-state index >= 15 is 0 Å². The van der Waals surface area contributed by atoms with Gasteiger partial charge in [-0.05, 0) is 97.2 Å². The van der Waals surface area contributed by atoms with E-state index in [1.54, 1.807) is 0 Å². The molecule has 1 N–H and O–H groups in total. The number of aliphatic hydroxyl groups excluding tert-OH is 1. The molecule has 0 bridgehead atoms. The van der Waals surface area contributed by atoms with E-state index in [2.05, 4.69) is 34.6 Å². The summed E-state index contributed by atoms with van der Waals surface area (Å²) in [5.41, 5.74) is 0.131. The normalized spacial score (nSPS) is 48.7. The van der Waals surface area contributed by atoms with Crippen LogP contribution < -0.4 is 0 Å². The molecule has 0 spiro atoms. The molecular weight excluding hydrogens is 378 g/mol. The quantitative estimate of drug-likeness (QED) is 0.479. The molecule has 0 aliphatic heterocycles. The molecule has 4 rings (SSSR count). The third kappa shape index (κ3) is 3.67. The van der Waals surface area contributed by atoms with Gasteiger partial charge in [0.1, 0.15) is 6.10 Å². The second kappa shape index (κ2) is 7.99. The molecule has 4 fully saturated rings. The zero-order chi connectivity index (χ0) is 21.9. The lowest BCUT2D eigenvalue weighted by Crippen LogP contribution is -2.58. The predicted octanol–water partition coefficient (Wildman–Crippen LogP) is 7.71. The number of aliphatic hydroxyl groups is 1. The summed E-state index contributed by atoms with van der Waals surface area (Å²) in [6, 6.07) is 0. The maximum absolute atomic E-state index is 14.6. The van der Waals surface area contributed by atoms with E-state index in [1.807, 2.05) is 0 Å². The minimum atomic E-state index is -2.91. The first-order valence-electron chi connectivity index (χ1n) is 13.0. The minimum Gasteiger partial charge on any atom is -0.387 e. The maximum atomic E-state index is 14.6. The van der Waals surface area contributed by atoms with Gasteiger partial charge < -0.3 is 5.11 Å². The topological polar surface area (TPSA) is 20.2 Å². The van der Waals surface area contributed by atoms with Crippen molar-refractivity contribution in [1.29, 1.82) is 0 Å². The molecule has 3 heteroatoms.